The number of nitrogens with one attached hydrogen (secondary N) is 1. The van der Waals surface area contributed by atoms with Crippen LogP contribution in [-0.4, -0.2) is 36.7 Å². The molecule has 1 aliphatic rings. The van der Waals surface area contributed by atoms with Gasteiger partial charge >= 0.3 is 5.97 Å². The van der Waals surface area contributed by atoms with Crippen LogP contribution >= 0.6 is 0 Å². The average Bonchev–Trinajstić information content (AvgIpc) is 2.73. The molecule has 5 nitrogen and oxygen atoms in total. The fourth-order valence-electron chi connectivity index (χ4n) is 2.68. The van der Waals surface area contributed by atoms with Crippen molar-refractivity contribution in [1.29, 1.82) is 0 Å². The van der Waals surface area contributed by atoms with E-state index in [1.807, 2.05) is 13.8 Å². The van der Waals surface area contributed by atoms with E-state index in [0.29, 0.717) is 25.4 Å². The molecule has 104 valence electrons. The van der Waals surface area contributed by atoms with E-state index in [9.17, 15) is 14.7 Å². The van der Waals surface area contributed by atoms with E-state index in [4.69, 9.17) is 4.74 Å². The van der Waals surface area contributed by atoms with Crippen LogP contribution in [0.4, 0.5) is 0 Å². The Bertz CT molecular complexity index is 305. The molecule has 1 aliphatic carbocycles. The van der Waals surface area contributed by atoms with Gasteiger partial charge in [0.2, 0.25) is 5.91 Å². The number of carboxylic acid groups (broad SMARTS) is 1. The normalized spacial score (nSPS) is 28.9. The van der Waals surface area contributed by atoms with Gasteiger partial charge in [0.1, 0.15) is 0 Å². The summed E-state index contributed by atoms with van der Waals surface area (Å²) in [6.07, 6.45) is 2.22. The van der Waals surface area contributed by atoms with Crippen LogP contribution in [0.3, 0.4) is 0 Å². The Hall–Kier alpha value is -1.10. The van der Waals surface area contributed by atoms with Crippen molar-refractivity contribution >= 4 is 11.9 Å². The fraction of sp³-hybridized carbons (Fsp3) is 0.846. The first-order valence-electron chi connectivity index (χ1n) is 6.51. The molecule has 0 spiro atoms. The molecule has 4 atom stereocenters. The minimum atomic E-state index is -0.856. The first-order chi connectivity index (χ1) is 8.49. The van der Waals surface area contributed by atoms with Crippen molar-refractivity contribution in [2.45, 2.75) is 39.2 Å². The number of amides is 1. The second kappa shape index (κ2) is 6.73. The highest BCUT2D eigenvalue weighted by Crippen LogP contribution is 2.38. The third-order valence-corrected chi connectivity index (χ3v) is 3.70. The van der Waals surface area contributed by atoms with E-state index in [1.54, 1.807) is 7.11 Å². The van der Waals surface area contributed by atoms with Crippen LogP contribution in [-0.2, 0) is 14.3 Å². The summed E-state index contributed by atoms with van der Waals surface area (Å²) in [6.45, 7) is 4.33. The number of carbonyl (C=O) groups excluding carboxylic acids is 1. The predicted octanol–water partition coefficient (Wildman–Crippen LogP) is 1.27. The Kier molecular flexibility index (Phi) is 5.59. The quantitative estimate of drug-likeness (QED) is 0.751. The van der Waals surface area contributed by atoms with Gasteiger partial charge in [0.05, 0.1) is 18.4 Å². The zero-order valence-electron chi connectivity index (χ0n) is 11.3. The van der Waals surface area contributed by atoms with Crippen molar-refractivity contribution in [2.24, 2.45) is 17.8 Å². The molecule has 1 amide bonds. The van der Waals surface area contributed by atoms with Crippen molar-refractivity contribution in [2.75, 3.05) is 13.7 Å². The Morgan fingerprint density at radius 3 is 2.50 bits per heavy atom. The van der Waals surface area contributed by atoms with Crippen LogP contribution in [0.5, 0.6) is 0 Å². The van der Waals surface area contributed by atoms with Gasteiger partial charge in [-0.05, 0) is 25.7 Å². The van der Waals surface area contributed by atoms with Gasteiger partial charge < -0.3 is 15.2 Å². The lowest BCUT2D eigenvalue weighted by molar-refractivity contribution is -0.146. The molecule has 1 rings (SSSR count). The minimum Gasteiger partial charge on any atom is -0.481 e. The lowest BCUT2D eigenvalue weighted by atomic mass is 9.95. The lowest BCUT2D eigenvalue weighted by Gasteiger charge is -2.19. The van der Waals surface area contributed by atoms with Crippen molar-refractivity contribution in [3.05, 3.63) is 0 Å². The Labute approximate surface area is 108 Å². The first-order valence-corrected chi connectivity index (χ1v) is 6.51. The number of rotatable bonds is 6. The smallest absolute Gasteiger partial charge is 0.307 e. The number of methoxy groups -OCH3 is 1. The summed E-state index contributed by atoms with van der Waals surface area (Å²) >= 11 is 0. The maximum atomic E-state index is 12.1. The molecule has 0 aromatic rings. The van der Waals surface area contributed by atoms with Crippen molar-refractivity contribution < 1.29 is 19.4 Å². The number of hydrogen-bond acceptors (Lipinski definition) is 3. The largest absolute Gasteiger partial charge is 0.481 e. The topological polar surface area (TPSA) is 75.6 Å². The van der Waals surface area contributed by atoms with Gasteiger partial charge in [0, 0.05) is 13.2 Å². The van der Waals surface area contributed by atoms with Crippen molar-refractivity contribution in [3.63, 3.8) is 0 Å². The molecule has 5 heteroatoms. The van der Waals surface area contributed by atoms with Crippen LogP contribution < -0.4 is 5.32 Å². The van der Waals surface area contributed by atoms with Gasteiger partial charge in [0.25, 0.3) is 0 Å². The van der Waals surface area contributed by atoms with E-state index in [-0.39, 0.29) is 11.9 Å². The number of aliphatic carboxylic acids is 1. The van der Waals surface area contributed by atoms with Gasteiger partial charge in [-0.3, -0.25) is 9.59 Å². The summed E-state index contributed by atoms with van der Waals surface area (Å²) in [7, 11) is 1.57. The highest BCUT2D eigenvalue weighted by molar-refractivity contribution is 5.85. The van der Waals surface area contributed by atoms with Gasteiger partial charge in [-0.2, -0.15) is 0 Å². The zero-order chi connectivity index (χ0) is 13.7. The average molecular weight is 257 g/mol. The van der Waals surface area contributed by atoms with Gasteiger partial charge in [-0.1, -0.05) is 13.3 Å². The second-order valence-corrected chi connectivity index (χ2v) is 5.16. The van der Waals surface area contributed by atoms with Crippen LogP contribution in [0.15, 0.2) is 0 Å². The summed E-state index contributed by atoms with van der Waals surface area (Å²) in [5.41, 5.74) is 0. The molecule has 0 aromatic carbocycles. The molecular formula is C13H23NO4. The summed E-state index contributed by atoms with van der Waals surface area (Å²) in [4.78, 5) is 23.3. The molecule has 0 bridgehead atoms. The van der Waals surface area contributed by atoms with E-state index in [1.165, 1.54) is 0 Å². The Morgan fingerprint density at radius 1 is 1.39 bits per heavy atom. The molecule has 1 fully saturated rings. The van der Waals surface area contributed by atoms with Crippen LogP contribution in [0.2, 0.25) is 0 Å². The molecule has 0 aromatic heterocycles. The van der Waals surface area contributed by atoms with E-state index in [0.717, 1.165) is 6.42 Å². The lowest BCUT2D eigenvalue weighted by Crippen LogP contribution is -2.41. The van der Waals surface area contributed by atoms with Gasteiger partial charge in [-0.25, -0.2) is 0 Å². The highest BCUT2D eigenvalue weighted by atomic mass is 16.5. The molecule has 2 N–H and O–H groups in total. The standard InChI is InChI=1S/C13H23NO4/c1-4-9-5-10(11(6-9)13(16)17)12(15)14-8(2)7-18-3/h8-11H,4-7H2,1-3H3,(H,14,15)(H,16,17)/t8?,9?,10-,11+/m0/s1. The number of hydrogen-bond donors (Lipinski definition) is 2. The highest BCUT2D eigenvalue weighted by Gasteiger charge is 2.42. The molecule has 0 heterocycles. The SMILES string of the molecule is CCC1C[C@H](C(=O)NC(C)COC)[C@H](C(=O)O)C1. The van der Waals surface area contributed by atoms with Crippen LogP contribution in [0.25, 0.3) is 0 Å². The maximum absolute atomic E-state index is 12.1. The van der Waals surface area contributed by atoms with Crippen LogP contribution in [0.1, 0.15) is 33.1 Å². The molecule has 2 unspecified atom stereocenters. The molecule has 0 saturated heterocycles. The second-order valence-electron chi connectivity index (χ2n) is 5.16. The van der Waals surface area contributed by atoms with Gasteiger partial charge in [0.15, 0.2) is 0 Å². The first kappa shape index (κ1) is 15.0. The monoisotopic (exact) mass is 257 g/mol. The maximum Gasteiger partial charge on any atom is 0.307 e. The Balaban J connectivity index is 2.62. The molecular weight excluding hydrogens is 234 g/mol. The van der Waals surface area contributed by atoms with Crippen molar-refractivity contribution in [3.8, 4) is 0 Å². The van der Waals surface area contributed by atoms with E-state index in [2.05, 4.69) is 5.32 Å². The number of ether oxygens (including phenoxy) is 1. The molecule has 0 aliphatic heterocycles. The third-order valence-electron chi connectivity index (χ3n) is 3.70. The molecule has 1 saturated carbocycles. The van der Waals surface area contributed by atoms with Crippen LogP contribution in [0, 0.1) is 17.8 Å². The summed E-state index contributed by atoms with van der Waals surface area (Å²) in [5.74, 6) is -1.59. The van der Waals surface area contributed by atoms with Crippen molar-refractivity contribution in [1.82, 2.24) is 5.32 Å². The predicted molar refractivity (Wildman–Crippen MR) is 67.1 cm³/mol. The van der Waals surface area contributed by atoms with E-state index >= 15 is 0 Å². The summed E-state index contributed by atoms with van der Waals surface area (Å²) < 4.78 is 4.95. The van der Waals surface area contributed by atoms with Gasteiger partial charge in [-0.15, -0.1) is 0 Å². The third kappa shape index (κ3) is 3.70. The zero-order valence-corrected chi connectivity index (χ0v) is 11.3. The number of carbonyl (C=O) groups is 2. The molecule has 0 radical (unpaired) electrons. The summed E-state index contributed by atoms with van der Waals surface area (Å²) in [6, 6.07) is -0.0855. The Morgan fingerprint density at radius 2 is 2.00 bits per heavy atom. The molecule has 18 heavy (non-hydrogen) atoms. The fourth-order valence-corrected chi connectivity index (χ4v) is 2.68. The minimum absolute atomic E-state index is 0.0855. The number of carboxylic acids is 1. The summed E-state index contributed by atoms with van der Waals surface area (Å²) in [5, 5.41) is 12.0. The van der Waals surface area contributed by atoms with E-state index < -0.39 is 17.8 Å².